The molecular formula is C23H23Cl2NO2. The van der Waals surface area contributed by atoms with Gasteiger partial charge in [0.25, 0.3) is 0 Å². The number of anilines is 1. The zero-order chi connectivity index (χ0) is 20.1. The number of hydrogen-bond acceptors (Lipinski definition) is 3. The van der Waals surface area contributed by atoms with Gasteiger partial charge in [-0.15, -0.1) is 0 Å². The largest absolute Gasteiger partial charge is 0.493 e. The van der Waals surface area contributed by atoms with Gasteiger partial charge in [-0.25, -0.2) is 0 Å². The number of ether oxygens (including phenoxy) is 2. The van der Waals surface area contributed by atoms with Crippen LogP contribution in [-0.4, -0.2) is 7.11 Å². The average Bonchev–Trinajstić information content (AvgIpc) is 2.66. The Kier molecular flexibility index (Phi) is 6.71. The minimum atomic E-state index is 0.358. The molecule has 3 rings (SSSR count). The van der Waals surface area contributed by atoms with Gasteiger partial charge in [-0.3, -0.25) is 0 Å². The van der Waals surface area contributed by atoms with Crippen molar-refractivity contribution in [1.29, 1.82) is 0 Å². The van der Waals surface area contributed by atoms with E-state index in [1.165, 1.54) is 11.1 Å². The Morgan fingerprint density at radius 1 is 0.929 bits per heavy atom. The molecule has 0 amide bonds. The molecule has 0 aliphatic carbocycles. The van der Waals surface area contributed by atoms with Gasteiger partial charge in [0.05, 0.1) is 12.1 Å². The summed E-state index contributed by atoms with van der Waals surface area (Å²) < 4.78 is 11.4. The van der Waals surface area contributed by atoms with E-state index in [0.29, 0.717) is 34.7 Å². The van der Waals surface area contributed by atoms with Gasteiger partial charge in [0, 0.05) is 17.3 Å². The number of hydrogen-bond donors (Lipinski definition) is 1. The van der Waals surface area contributed by atoms with Gasteiger partial charge in [-0.2, -0.15) is 0 Å². The summed E-state index contributed by atoms with van der Waals surface area (Å²) in [5.41, 5.74) is 5.53. The summed E-state index contributed by atoms with van der Waals surface area (Å²) in [4.78, 5) is 0. The number of rotatable bonds is 7. The van der Waals surface area contributed by atoms with E-state index in [4.69, 9.17) is 32.7 Å². The second-order valence-corrected chi connectivity index (χ2v) is 7.54. The zero-order valence-electron chi connectivity index (χ0n) is 16.2. The minimum Gasteiger partial charge on any atom is -0.493 e. The SMILES string of the molecule is COc1cc(CNc2ccc(C)cc2C)cc(Cl)c1OCc1cccc(Cl)c1. The normalized spacial score (nSPS) is 10.6. The topological polar surface area (TPSA) is 30.5 Å². The predicted octanol–water partition coefficient (Wildman–Crippen LogP) is 6.81. The van der Waals surface area contributed by atoms with Gasteiger partial charge >= 0.3 is 0 Å². The van der Waals surface area contributed by atoms with Crippen LogP contribution in [0.15, 0.2) is 54.6 Å². The molecule has 0 aliphatic heterocycles. The zero-order valence-corrected chi connectivity index (χ0v) is 17.7. The standard InChI is InChI=1S/C23H23Cl2NO2/c1-15-7-8-21(16(2)9-15)26-13-18-11-20(25)23(22(12-18)27-3)28-14-17-5-4-6-19(24)10-17/h4-12,26H,13-14H2,1-3H3. The molecule has 28 heavy (non-hydrogen) atoms. The number of benzene rings is 3. The summed E-state index contributed by atoms with van der Waals surface area (Å²) in [6.45, 7) is 5.17. The summed E-state index contributed by atoms with van der Waals surface area (Å²) in [6.07, 6.45) is 0. The fourth-order valence-corrected chi connectivity index (χ4v) is 3.51. The summed E-state index contributed by atoms with van der Waals surface area (Å²) in [6, 6.07) is 17.7. The second-order valence-electron chi connectivity index (χ2n) is 6.70. The highest BCUT2D eigenvalue weighted by molar-refractivity contribution is 6.32. The van der Waals surface area contributed by atoms with Gasteiger partial charge in [-0.1, -0.05) is 53.0 Å². The van der Waals surface area contributed by atoms with E-state index in [1.54, 1.807) is 7.11 Å². The van der Waals surface area contributed by atoms with E-state index in [2.05, 4.69) is 37.4 Å². The van der Waals surface area contributed by atoms with Gasteiger partial charge in [0.15, 0.2) is 11.5 Å². The number of methoxy groups -OCH3 is 1. The van der Waals surface area contributed by atoms with Crippen molar-refractivity contribution < 1.29 is 9.47 Å². The molecule has 1 N–H and O–H groups in total. The van der Waals surface area contributed by atoms with Crippen molar-refractivity contribution in [3.8, 4) is 11.5 Å². The smallest absolute Gasteiger partial charge is 0.180 e. The summed E-state index contributed by atoms with van der Waals surface area (Å²) in [7, 11) is 1.61. The fourth-order valence-electron chi connectivity index (χ4n) is 3.01. The highest BCUT2D eigenvalue weighted by Crippen LogP contribution is 2.37. The predicted molar refractivity (Wildman–Crippen MR) is 117 cm³/mol. The first-order chi connectivity index (χ1) is 13.5. The second kappa shape index (κ2) is 9.22. The molecular weight excluding hydrogens is 393 g/mol. The molecule has 0 aliphatic rings. The molecule has 3 aromatic rings. The first kappa shape index (κ1) is 20.4. The lowest BCUT2D eigenvalue weighted by atomic mass is 10.1. The third-order valence-electron chi connectivity index (χ3n) is 4.43. The first-order valence-corrected chi connectivity index (χ1v) is 9.76. The maximum Gasteiger partial charge on any atom is 0.180 e. The van der Waals surface area contributed by atoms with Crippen LogP contribution < -0.4 is 14.8 Å². The Hall–Kier alpha value is -2.36. The van der Waals surface area contributed by atoms with Crippen LogP contribution in [0.4, 0.5) is 5.69 Å². The number of nitrogens with one attached hydrogen (secondary N) is 1. The lowest BCUT2D eigenvalue weighted by Gasteiger charge is -2.16. The van der Waals surface area contributed by atoms with E-state index < -0.39 is 0 Å². The number of aryl methyl sites for hydroxylation is 2. The first-order valence-electron chi connectivity index (χ1n) is 9.01. The van der Waals surface area contributed by atoms with Gasteiger partial charge < -0.3 is 14.8 Å². The van der Waals surface area contributed by atoms with Crippen molar-refractivity contribution >= 4 is 28.9 Å². The average molecular weight is 416 g/mol. The molecule has 0 radical (unpaired) electrons. The molecule has 0 fully saturated rings. The van der Waals surface area contributed by atoms with E-state index in [-0.39, 0.29) is 0 Å². The van der Waals surface area contributed by atoms with Crippen molar-refractivity contribution in [2.75, 3.05) is 12.4 Å². The Morgan fingerprint density at radius 3 is 2.46 bits per heavy atom. The Labute approximate surface area is 176 Å². The molecule has 146 valence electrons. The van der Waals surface area contributed by atoms with Crippen LogP contribution in [0.2, 0.25) is 10.0 Å². The summed E-state index contributed by atoms with van der Waals surface area (Å²) in [5, 5.41) is 4.63. The Balaban J connectivity index is 1.73. The third kappa shape index (κ3) is 5.12. The molecule has 0 unspecified atom stereocenters. The summed E-state index contributed by atoms with van der Waals surface area (Å²) in [5.74, 6) is 1.13. The number of halogens is 2. The lowest BCUT2D eigenvalue weighted by molar-refractivity contribution is 0.284. The van der Waals surface area contributed by atoms with Crippen LogP contribution in [0, 0.1) is 13.8 Å². The minimum absolute atomic E-state index is 0.358. The van der Waals surface area contributed by atoms with Crippen LogP contribution in [0.5, 0.6) is 11.5 Å². The molecule has 0 aromatic heterocycles. The quantitative estimate of drug-likeness (QED) is 0.459. The van der Waals surface area contributed by atoms with Gasteiger partial charge in [0.2, 0.25) is 0 Å². The molecule has 0 saturated carbocycles. The molecule has 0 bridgehead atoms. The van der Waals surface area contributed by atoms with E-state index in [0.717, 1.165) is 16.8 Å². The fraction of sp³-hybridized carbons (Fsp3) is 0.217. The van der Waals surface area contributed by atoms with Crippen LogP contribution >= 0.6 is 23.2 Å². The molecule has 3 nitrogen and oxygen atoms in total. The van der Waals surface area contributed by atoms with E-state index in [1.807, 2.05) is 36.4 Å². The van der Waals surface area contributed by atoms with Gasteiger partial charge in [0.1, 0.15) is 6.61 Å². The van der Waals surface area contributed by atoms with Crippen molar-refractivity contribution in [3.05, 3.63) is 86.9 Å². The monoisotopic (exact) mass is 415 g/mol. The molecule has 0 atom stereocenters. The van der Waals surface area contributed by atoms with Crippen molar-refractivity contribution in [2.24, 2.45) is 0 Å². The molecule has 0 spiro atoms. The molecule has 3 aromatic carbocycles. The molecule has 5 heteroatoms. The summed E-state index contributed by atoms with van der Waals surface area (Å²) >= 11 is 12.5. The van der Waals surface area contributed by atoms with E-state index in [9.17, 15) is 0 Å². The van der Waals surface area contributed by atoms with Crippen molar-refractivity contribution in [3.63, 3.8) is 0 Å². The highest BCUT2D eigenvalue weighted by Gasteiger charge is 2.13. The van der Waals surface area contributed by atoms with Crippen LogP contribution in [0.3, 0.4) is 0 Å². The maximum absolute atomic E-state index is 6.49. The lowest BCUT2D eigenvalue weighted by Crippen LogP contribution is -2.03. The molecule has 0 saturated heterocycles. The van der Waals surface area contributed by atoms with Crippen molar-refractivity contribution in [2.45, 2.75) is 27.0 Å². The van der Waals surface area contributed by atoms with Crippen LogP contribution in [0.25, 0.3) is 0 Å². The Morgan fingerprint density at radius 2 is 1.75 bits per heavy atom. The van der Waals surface area contributed by atoms with Gasteiger partial charge in [-0.05, 0) is 60.9 Å². The molecule has 0 heterocycles. The van der Waals surface area contributed by atoms with Crippen LogP contribution in [-0.2, 0) is 13.2 Å². The maximum atomic E-state index is 6.49. The van der Waals surface area contributed by atoms with Crippen LogP contribution in [0.1, 0.15) is 22.3 Å². The van der Waals surface area contributed by atoms with E-state index >= 15 is 0 Å². The Bertz CT molecular complexity index is 973. The van der Waals surface area contributed by atoms with Crippen molar-refractivity contribution in [1.82, 2.24) is 0 Å². The third-order valence-corrected chi connectivity index (χ3v) is 4.94. The highest BCUT2D eigenvalue weighted by atomic mass is 35.5.